The van der Waals surface area contributed by atoms with E-state index in [0.717, 1.165) is 43.0 Å². The molecule has 5 nitrogen and oxygen atoms in total. The van der Waals surface area contributed by atoms with Crippen molar-refractivity contribution in [3.63, 3.8) is 0 Å². The first-order chi connectivity index (χ1) is 13.8. The van der Waals surface area contributed by atoms with Crippen molar-refractivity contribution in [2.24, 2.45) is 0 Å². The number of alkyl halides is 3. The highest BCUT2D eigenvalue weighted by molar-refractivity contribution is 5.35. The second-order valence-electron chi connectivity index (χ2n) is 7.47. The minimum Gasteiger partial charge on any atom is -0.493 e. The summed E-state index contributed by atoms with van der Waals surface area (Å²) in [6, 6.07) is 5.55. The largest absolute Gasteiger partial charge is 0.493 e. The Bertz CT molecular complexity index is 963. The van der Waals surface area contributed by atoms with Gasteiger partial charge in [0.15, 0.2) is 0 Å². The van der Waals surface area contributed by atoms with Crippen LogP contribution in [-0.2, 0) is 31.3 Å². The fourth-order valence-electron chi connectivity index (χ4n) is 4.08. The Morgan fingerprint density at radius 3 is 2.66 bits per heavy atom. The Morgan fingerprint density at radius 1 is 1.21 bits per heavy atom. The van der Waals surface area contributed by atoms with E-state index < -0.39 is 17.5 Å². The van der Waals surface area contributed by atoms with Gasteiger partial charge in [0.05, 0.1) is 11.3 Å². The number of nitrogens with one attached hydrogen (secondary N) is 1. The zero-order valence-electron chi connectivity index (χ0n) is 16.1. The molecule has 4 rings (SSSR count). The van der Waals surface area contributed by atoms with Crippen molar-refractivity contribution in [3.05, 3.63) is 71.1 Å². The molecule has 0 fully saturated rings. The van der Waals surface area contributed by atoms with Crippen LogP contribution in [0.3, 0.4) is 0 Å². The monoisotopic (exact) mass is 404 g/mol. The van der Waals surface area contributed by atoms with Gasteiger partial charge in [0.2, 0.25) is 11.7 Å². The lowest BCUT2D eigenvalue weighted by Gasteiger charge is -2.41. The summed E-state index contributed by atoms with van der Waals surface area (Å²) in [4.78, 5) is 1.72. The lowest BCUT2D eigenvalue weighted by Crippen LogP contribution is -2.56. The standard InChI is InChI=1S/C21H23F3N4O/c1-27(14-15-8-2-4-10-17(15)21(22,23)24)20(12-6-7-13-25-20)28-19(29)16-9-3-5-11-18(16)26-28/h2,4,6-8,10,12-13,25,29H,3,5,9,11,14H2,1H3. The Labute approximate surface area is 167 Å². The van der Waals surface area contributed by atoms with Crippen LogP contribution in [0.1, 0.15) is 35.2 Å². The van der Waals surface area contributed by atoms with Gasteiger partial charge < -0.3 is 10.4 Å². The molecule has 1 unspecified atom stereocenters. The van der Waals surface area contributed by atoms with Gasteiger partial charge in [-0.1, -0.05) is 24.3 Å². The molecule has 1 atom stereocenters. The second-order valence-corrected chi connectivity index (χ2v) is 7.47. The lowest BCUT2D eigenvalue weighted by molar-refractivity contribution is -0.138. The zero-order valence-corrected chi connectivity index (χ0v) is 16.1. The predicted molar refractivity (Wildman–Crippen MR) is 103 cm³/mol. The highest BCUT2D eigenvalue weighted by atomic mass is 19.4. The number of nitrogens with zero attached hydrogens (tertiary/aromatic N) is 3. The molecule has 0 radical (unpaired) electrons. The van der Waals surface area contributed by atoms with Gasteiger partial charge in [-0.15, -0.1) is 0 Å². The van der Waals surface area contributed by atoms with Crippen molar-refractivity contribution in [2.45, 2.75) is 44.2 Å². The number of rotatable bonds is 4. The van der Waals surface area contributed by atoms with Gasteiger partial charge in [-0.25, -0.2) is 0 Å². The molecule has 154 valence electrons. The lowest BCUT2D eigenvalue weighted by atomic mass is 9.98. The number of benzene rings is 1. The SMILES string of the molecule is CN(Cc1ccccc1C(F)(F)F)C1(n2nc3c(c2O)CCCC3)C=CC=CN1. The molecular weight excluding hydrogens is 381 g/mol. The Hall–Kier alpha value is -2.74. The summed E-state index contributed by atoms with van der Waals surface area (Å²) < 4.78 is 41.9. The van der Waals surface area contributed by atoms with Crippen molar-refractivity contribution in [1.82, 2.24) is 20.0 Å². The minimum atomic E-state index is -4.44. The van der Waals surface area contributed by atoms with Crippen LogP contribution in [0.2, 0.25) is 0 Å². The molecule has 0 spiro atoms. The predicted octanol–water partition coefficient (Wildman–Crippen LogP) is 3.90. The van der Waals surface area contributed by atoms with Crippen molar-refractivity contribution < 1.29 is 18.3 Å². The average Bonchev–Trinajstić information content (AvgIpc) is 3.05. The highest BCUT2D eigenvalue weighted by Crippen LogP contribution is 2.37. The van der Waals surface area contributed by atoms with Crippen LogP contribution < -0.4 is 5.32 Å². The fraction of sp³-hybridized carbons (Fsp3) is 0.381. The molecule has 1 aliphatic heterocycles. The molecule has 0 saturated heterocycles. The maximum Gasteiger partial charge on any atom is 0.416 e. The molecule has 2 aromatic rings. The molecule has 0 amide bonds. The van der Waals surface area contributed by atoms with Crippen molar-refractivity contribution in [1.29, 1.82) is 0 Å². The quantitative estimate of drug-likeness (QED) is 0.812. The number of halogens is 3. The fourth-order valence-corrected chi connectivity index (χ4v) is 4.08. The van der Waals surface area contributed by atoms with Crippen LogP contribution >= 0.6 is 0 Å². The summed E-state index contributed by atoms with van der Waals surface area (Å²) in [5, 5.41) is 18.7. The maximum atomic E-state index is 13.5. The van der Waals surface area contributed by atoms with Crippen molar-refractivity contribution >= 4 is 0 Å². The third-order valence-corrected chi connectivity index (χ3v) is 5.60. The summed E-state index contributed by atoms with van der Waals surface area (Å²) in [5.74, 6) is -1.06. The Kier molecular flexibility index (Phi) is 4.90. The molecule has 0 bridgehead atoms. The highest BCUT2D eigenvalue weighted by Gasteiger charge is 2.40. The number of fused-ring (bicyclic) bond motifs is 1. The molecular formula is C21H23F3N4O. The molecule has 29 heavy (non-hydrogen) atoms. The van der Waals surface area contributed by atoms with Crippen molar-refractivity contribution in [3.8, 4) is 5.88 Å². The number of allylic oxidation sites excluding steroid dienone is 2. The summed E-state index contributed by atoms with van der Waals surface area (Å²) in [5.41, 5.74) is 1.16. The number of hydrogen-bond donors (Lipinski definition) is 2. The van der Waals surface area contributed by atoms with E-state index in [1.54, 1.807) is 42.4 Å². The van der Waals surface area contributed by atoms with Crippen LogP contribution in [0.15, 0.2) is 48.7 Å². The van der Waals surface area contributed by atoms with E-state index in [9.17, 15) is 18.3 Å². The molecule has 2 aliphatic rings. The van der Waals surface area contributed by atoms with Crippen LogP contribution in [0, 0.1) is 0 Å². The van der Waals surface area contributed by atoms with Crippen LogP contribution in [0.25, 0.3) is 0 Å². The molecule has 0 saturated carbocycles. The summed E-state index contributed by atoms with van der Waals surface area (Å²) in [7, 11) is 1.71. The van der Waals surface area contributed by atoms with Gasteiger partial charge in [0, 0.05) is 12.1 Å². The van der Waals surface area contributed by atoms with E-state index >= 15 is 0 Å². The van der Waals surface area contributed by atoms with Crippen molar-refractivity contribution in [2.75, 3.05) is 7.05 Å². The Balaban J connectivity index is 1.75. The third-order valence-electron chi connectivity index (χ3n) is 5.60. The van der Waals surface area contributed by atoms with Gasteiger partial charge in [0.1, 0.15) is 0 Å². The molecule has 1 aromatic heterocycles. The number of likely N-dealkylation sites (N-methyl/N-ethyl adjacent to an activating group) is 1. The number of dihydropyridines is 1. The molecule has 2 N–H and O–H groups in total. The number of aromatic nitrogens is 2. The van der Waals surface area contributed by atoms with Gasteiger partial charge in [-0.3, -0.25) is 4.90 Å². The van der Waals surface area contributed by atoms with E-state index in [-0.39, 0.29) is 18.0 Å². The van der Waals surface area contributed by atoms with E-state index in [1.165, 1.54) is 16.8 Å². The van der Waals surface area contributed by atoms with E-state index in [1.807, 2.05) is 0 Å². The summed E-state index contributed by atoms with van der Waals surface area (Å²) in [6.07, 6.45) is 6.16. The van der Waals surface area contributed by atoms with Gasteiger partial charge in [-0.2, -0.15) is 23.0 Å². The van der Waals surface area contributed by atoms with Gasteiger partial charge >= 0.3 is 6.18 Å². The smallest absolute Gasteiger partial charge is 0.416 e. The maximum absolute atomic E-state index is 13.5. The number of aromatic hydroxyl groups is 1. The van der Waals surface area contributed by atoms with Gasteiger partial charge in [-0.05, 0) is 62.7 Å². The van der Waals surface area contributed by atoms with E-state index in [2.05, 4.69) is 10.4 Å². The van der Waals surface area contributed by atoms with Crippen LogP contribution in [0.4, 0.5) is 13.2 Å². The summed E-state index contributed by atoms with van der Waals surface area (Å²) >= 11 is 0. The van der Waals surface area contributed by atoms with Crippen LogP contribution in [-0.4, -0.2) is 26.8 Å². The number of hydrogen-bond acceptors (Lipinski definition) is 4. The number of aryl methyl sites for hydroxylation is 1. The topological polar surface area (TPSA) is 53.3 Å². The minimum absolute atomic E-state index is 0.00479. The Morgan fingerprint density at radius 2 is 1.97 bits per heavy atom. The van der Waals surface area contributed by atoms with E-state index in [0.29, 0.717) is 0 Å². The normalized spacial score (nSPS) is 21.3. The molecule has 1 aliphatic carbocycles. The first-order valence-electron chi connectivity index (χ1n) is 9.61. The second kappa shape index (κ2) is 7.26. The molecule has 2 heterocycles. The van der Waals surface area contributed by atoms with Gasteiger partial charge in [0.25, 0.3) is 0 Å². The first-order valence-corrected chi connectivity index (χ1v) is 9.61. The first kappa shape index (κ1) is 19.6. The summed E-state index contributed by atoms with van der Waals surface area (Å²) in [6.45, 7) is 0.00479. The molecule has 1 aromatic carbocycles. The average molecular weight is 404 g/mol. The third kappa shape index (κ3) is 3.42. The van der Waals surface area contributed by atoms with Crippen LogP contribution in [0.5, 0.6) is 5.88 Å². The molecule has 8 heteroatoms. The zero-order chi connectivity index (χ0) is 20.6. The van der Waals surface area contributed by atoms with E-state index in [4.69, 9.17) is 0 Å².